The molecule has 0 aliphatic rings. The lowest BCUT2D eigenvalue weighted by molar-refractivity contribution is 0.414. The Morgan fingerprint density at radius 1 is 1.27 bits per heavy atom. The molecule has 1 aromatic carbocycles. The molecule has 0 radical (unpaired) electrons. The van der Waals surface area contributed by atoms with Crippen molar-refractivity contribution in [1.82, 2.24) is 14.5 Å². The molecule has 156 valence electrons. The van der Waals surface area contributed by atoms with Gasteiger partial charge in [-0.05, 0) is 54.2 Å². The summed E-state index contributed by atoms with van der Waals surface area (Å²) in [6.45, 7) is 2.35. The van der Waals surface area contributed by atoms with Crippen LogP contribution in [0.2, 0.25) is 5.28 Å². The molecule has 3 aromatic heterocycles. The van der Waals surface area contributed by atoms with E-state index >= 15 is 4.39 Å². The molecule has 3 N–H and O–H groups in total. The van der Waals surface area contributed by atoms with Crippen LogP contribution in [0.15, 0.2) is 41.8 Å². The lowest BCUT2D eigenvalue weighted by Gasteiger charge is -2.12. The maximum Gasteiger partial charge on any atom is 0.226 e. The minimum absolute atomic E-state index is 0.0378. The number of rotatable bonds is 7. The molecule has 0 fully saturated rings. The molecule has 0 bridgehead atoms. The number of nitrogens with two attached hydrogens (primary N) is 1. The molecule has 4 aromatic rings. The van der Waals surface area contributed by atoms with E-state index < -0.39 is 5.82 Å². The van der Waals surface area contributed by atoms with Crippen LogP contribution in [0, 0.1) is 5.82 Å². The first-order valence-electron chi connectivity index (χ1n) is 9.40. The van der Waals surface area contributed by atoms with Gasteiger partial charge in [0.15, 0.2) is 11.5 Å². The van der Waals surface area contributed by atoms with Gasteiger partial charge in [-0.3, -0.25) is 4.57 Å². The van der Waals surface area contributed by atoms with E-state index in [-0.39, 0.29) is 11.3 Å². The number of nitrogens with one attached hydrogen (secondary N) is 1. The molecule has 30 heavy (non-hydrogen) atoms. The highest BCUT2D eigenvalue weighted by Gasteiger charge is 2.24. The zero-order chi connectivity index (χ0) is 21.3. The van der Waals surface area contributed by atoms with E-state index in [0.29, 0.717) is 41.3 Å². The molecule has 1 unspecified atom stereocenters. The first kappa shape index (κ1) is 20.6. The van der Waals surface area contributed by atoms with Crippen molar-refractivity contribution in [1.29, 1.82) is 0 Å². The van der Waals surface area contributed by atoms with E-state index in [0.717, 1.165) is 10.6 Å². The molecule has 0 saturated heterocycles. The Kier molecular flexibility index (Phi) is 5.90. The van der Waals surface area contributed by atoms with Crippen molar-refractivity contribution >= 4 is 39.8 Å². The fourth-order valence-electron chi connectivity index (χ4n) is 3.36. The van der Waals surface area contributed by atoms with Crippen molar-refractivity contribution in [2.45, 2.75) is 25.9 Å². The predicted octanol–water partition coefficient (Wildman–Crippen LogP) is 4.78. The van der Waals surface area contributed by atoms with Crippen LogP contribution in [0.1, 0.15) is 17.5 Å². The zero-order valence-electron chi connectivity index (χ0n) is 16.5. The Hall–Kier alpha value is -2.68. The van der Waals surface area contributed by atoms with E-state index in [1.54, 1.807) is 23.0 Å². The molecule has 4 rings (SSSR count). The Balaban J connectivity index is 1.89. The average molecular weight is 446 g/mol. The fourth-order valence-corrected chi connectivity index (χ4v) is 4.17. The Bertz CT molecular complexity index is 1160. The third-order valence-electron chi connectivity index (χ3n) is 4.67. The number of anilines is 1. The van der Waals surface area contributed by atoms with Gasteiger partial charge in [-0.25, -0.2) is 4.39 Å². The maximum absolute atomic E-state index is 15.7. The van der Waals surface area contributed by atoms with Gasteiger partial charge in [0.25, 0.3) is 0 Å². The molecule has 0 aliphatic heterocycles. The first-order chi connectivity index (χ1) is 14.5. The molecule has 3 heterocycles. The highest BCUT2D eigenvalue weighted by atomic mass is 35.5. The van der Waals surface area contributed by atoms with E-state index in [1.165, 1.54) is 0 Å². The van der Waals surface area contributed by atoms with Gasteiger partial charge in [0.05, 0.1) is 24.7 Å². The predicted molar refractivity (Wildman–Crippen MR) is 119 cm³/mol. The average Bonchev–Trinajstić information content (AvgIpc) is 3.33. The summed E-state index contributed by atoms with van der Waals surface area (Å²) in [5.74, 6) is 0.660. The smallest absolute Gasteiger partial charge is 0.226 e. The normalized spacial score (nSPS) is 12.3. The number of halogens is 2. The number of ether oxygens (including phenoxy) is 1. The lowest BCUT2D eigenvalue weighted by atomic mass is 10.1. The number of methoxy groups -OCH3 is 1. The minimum atomic E-state index is -0.400. The Morgan fingerprint density at radius 2 is 2.03 bits per heavy atom. The highest BCUT2D eigenvalue weighted by molar-refractivity contribution is 7.09. The summed E-state index contributed by atoms with van der Waals surface area (Å²) < 4.78 is 22.7. The molecular weight excluding hydrogens is 425 g/mol. The number of thiophene rings is 1. The first-order valence-corrected chi connectivity index (χ1v) is 10.7. The largest absolute Gasteiger partial charge is 0.497 e. The van der Waals surface area contributed by atoms with Crippen LogP contribution in [-0.2, 0) is 13.0 Å². The van der Waals surface area contributed by atoms with Gasteiger partial charge in [0, 0.05) is 23.0 Å². The summed E-state index contributed by atoms with van der Waals surface area (Å²) in [5, 5.41) is 5.52. The third kappa shape index (κ3) is 3.98. The topological polar surface area (TPSA) is 78.0 Å². The molecular formula is C21H21ClFN5OS. The van der Waals surface area contributed by atoms with Crippen molar-refractivity contribution in [3.8, 4) is 11.4 Å². The SMILES string of the molecule is COc1ccc(-n2c(CC(C)N)c(F)c3c(NCc4cccs4)nc(Cl)nc32)cc1. The third-order valence-corrected chi connectivity index (χ3v) is 5.72. The van der Waals surface area contributed by atoms with Crippen molar-refractivity contribution in [2.75, 3.05) is 12.4 Å². The van der Waals surface area contributed by atoms with E-state index in [1.807, 2.05) is 48.7 Å². The van der Waals surface area contributed by atoms with Crippen LogP contribution in [-0.4, -0.2) is 27.7 Å². The van der Waals surface area contributed by atoms with Crippen molar-refractivity contribution in [2.24, 2.45) is 5.73 Å². The molecule has 0 amide bonds. The monoisotopic (exact) mass is 445 g/mol. The van der Waals surface area contributed by atoms with E-state index in [2.05, 4.69) is 15.3 Å². The maximum atomic E-state index is 15.7. The van der Waals surface area contributed by atoms with E-state index in [9.17, 15) is 0 Å². The Morgan fingerprint density at radius 3 is 2.67 bits per heavy atom. The number of aromatic nitrogens is 3. The Labute approximate surface area is 182 Å². The highest BCUT2D eigenvalue weighted by Crippen LogP contribution is 2.34. The number of fused-ring (bicyclic) bond motifs is 1. The van der Waals surface area contributed by atoms with Gasteiger partial charge in [-0.15, -0.1) is 11.3 Å². The van der Waals surface area contributed by atoms with Gasteiger partial charge >= 0.3 is 0 Å². The van der Waals surface area contributed by atoms with Gasteiger partial charge in [0.1, 0.15) is 11.6 Å². The number of benzene rings is 1. The second-order valence-corrected chi connectivity index (χ2v) is 8.32. The van der Waals surface area contributed by atoms with Crippen LogP contribution in [0.4, 0.5) is 10.2 Å². The summed E-state index contributed by atoms with van der Waals surface area (Å²) in [6, 6.07) is 11.0. The summed E-state index contributed by atoms with van der Waals surface area (Å²) in [4.78, 5) is 9.72. The number of hydrogen-bond donors (Lipinski definition) is 2. The summed E-state index contributed by atoms with van der Waals surface area (Å²) in [6.07, 6.45) is 0.330. The van der Waals surface area contributed by atoms with Crippen LogP contribution in [0.5, 0.6) is 5.75 Å². The second kappa shape index (κ2) is 8.59. The van der Waals surface area contributed by atoms with Crippen LogP contribution in [0.3, 0.4) is 0 Å². The summed E-state index contributed by atoms with van der Waals surface area (Å²) in [7, 11) is 1.60. The number of hydrogen-bond acceptors (Lipinski definition) is 6. The van der Waals surface area contributed by atoms with Crippen molar-refractivity contribution in [3.63, 3.8) is 0 Å². The fraction of sp³-hybridized carbons (Fsp3) is 0.238. The molecule has 0 spiro atoms. The minimum Gasteiger partial charge on any atom is -0.497 e. The van der Waals surface area contributed by atoms with Crippen molar-refractivity contribution < 1.29 is 9.13 Å². The zero-order valence-corrected chi connectivity index (χ0v) is 18.1. The summed E-state index contributed by atoms with van der Waals surface area (Å²) >= 11 is 7.83. The molecule has 6 nitrogen and oxygen atoms in total. The van der Waals surface area contributed by atoms with Crippen molar-refractivity contribution in [3.05, 3.63) is 63.5 Å². The molecule has 0 saturated carbocycles. The molecule has 1 atom stereocenters. The van der Waals surface area contributed by atoms with Gasteiger partial charge in [0.2, 0.25) is 5.28 Å². The standard InChI is InChI=1S/C21H21ClFN5OS/c1-12(24)10-16-18(23)17-19(25-11-15-4-3-9-30-15)26-21(22)27-20(17)28(16)13-5-7-14(29-2)8-6-13/h3-9,12H,10-11,24H2,1-2H3,(H,25,26,27). The van der Waals surface area contributed by atoms with Gasteiger partial charge < -0.3 is 15.8 Å². The molecule has 0 aliphatic carbocycles. The van der Waals surface area contributed by atoms with Crippen LogP contribution >= 0.6 is 22.9 Å². The lowest BCUT2D eigenvalue weighted by Crippen LogP contribution is -2.20. The quantitative estimate of drug-likeness (QED) is 0.400. The summed E-state index contributed by atoms with van der Waals surface area (Å²) in [5.41, 5.74) is 7.58. The van der Waals surface area contributed by atoms with Gasteiger partial charge in [-0.2, -0.15) is 9.97 Å². The second-order valence-electron chi connectivity index (χ2n) is 6.95. The van der Waals surface area contributed by atoms with Crippen LogP contribution < -0.4 is 15.8 Å². The van der Waals surface area contributed by atoms with Gasteiger partial charge in [-0.1, -0.05) is 6.07 Å². The van der Waals surface area contributed by atoms with E-state index in [4.69, 9.17) is 22.1 Å². The van der Waals surface area contributed by atoms with Crippen LogP contribution in [0.25, 0.3) is 16.7 Å². The number of nitrogens with zero attached hydrogens (tertiary/aromatic N) is 3. The molecule has 9 heteroatoms.